The van der Waals surface area contributed by atoms with Gasteiger partial charge >= 0.3 is 0 Å². The van der Waals surface area contributed by atoms with Crippen molar-refractivity contribution in [3.63, 3.8) is 0 Å². The van der Waals surface area contributed by atoms with Gasteiger partial charge in [-0.25, -0.2) is 0 Å². The van der Waals surface area contributed by atoms with E-state index >= 15 is 0 Å². The van der Waals surface area contributed by atoms with Crippen LogP contribution < -0.4 is 5.73 Å². The summed E-state index contributed by atoms with van der Waals surface area (Å²) in [6, 6.07) is -0.0489. The number of rotatable bonds is 2. The van der Waals surface area contributed by atoms with E-state index < -0.39 is 0 Å². The SMILES string of the molecule is CC(N)C(C)C(=O)N1CCC(C)C(C)C1.Cl. The summed E-state index contributed by atoms with van der Waals surface area (Å²) in [5.74, 6) is 1.52. The standard InChI is InChI=1S/C12H24N2O.ClH/c1-8-5-6-14(7-9(8)2)12(15)10(3)11(4)13;/h8-11H,5-7,13H2,1-4H3;1H. The quantitative estimate of drug-likeness (QED) is 0.811. The molecular formula is C12H25ClN2O. The van der Waals surface area contributed by atoms with Crippen LogP contribution in [0.15, 0.2) is 0 Å². The topological polar surface area (TPSA) is 46.3 Å². The largest absolute Gasteiger partial charge is 0.342 e. The lowest BCUT2D eigenvalue weighted by molar-refractivity contribution is -0.137. The molecule has 1 rings (SSSR count). The van der Waals surface area contributed by atoms with E-state index in [9.17, 15) is 4.79 Å². The van der Waals surface area contributed by atoms with E-state index in [0.29, 0.717) is 5.92 Å². The molecule has 1 saturated heterocycles. The summed E-state index contributed by atoms with van der Waals surface area (Å²) in [5.41, 5.74) is 5.76. The molecule has 1 amide bonds. The fraction of sp³-hybridized carbons (Fsp3) is 0.917. The Morgan fingerprint density at radius 3 is 2.31 bits per heavy atom. The summed E-state index contributed by atoms with van der Waals surface area (Å²) >= 11 is 0. The molecule has 4 atom stereocenters. The second-order valence-corrected chi connectivity index (χ2v) is 5.18. The average molecular weight is 249 g/mol. The van der Waals surface area contributed by atoms with E-state index in [1.165, 1.54) is 0 Å². The average Bonchev–Trinajstić information content (AvgIpc) is 2.19. The van der Waals surface area contributed by atoms with Gasteiger partial charge in [0.05, 0.1) is 5.92 Å². The number of amides is 1. The number of nitrogens with zero attached hydrogens (tertiary/aromatic N) is 1. The van der Waals surface area contributed by atoms with Crippen LogP contribution in [0.1, 0.15) is 34.1 Å². The second-order valence-electron chi connectivity index (χ2n) is 5.18. The highest BCUT2D eigenvalue weighted by Gasteiger charge is 2.29. The van der Waals surface area contributed by atoms with Crippen molar-refractivity contribution in [1.29, 1.82) is 0 Å². The molecule has 1 aliphatic rings. The van der Waals surface area contributed by atoms with Crippen molar-refractivity contribution in [2.24, 2.45) is 23.5 Å². The molecule has 0 aliphatic carbocycles. The Morgan fingerprint density at radius 1 is 1.31 bits per heavy atom. The van der Waals surface area contributed by atoms with E-state index in [0.717, 1.165) is 25.4 Å². The first kappa shape index (κ1) is 15.7. The molecule has 3 nitrogen and oxygen atoms in total. The van der Waals surface area contributed by atoms with Gasteiger partial charge in [0.15, 0.2) is 0 Å². The fourth-order valence-electron chi connectivity index (χ4n) is 1.98. The third-order valence-electron chi connectivity index (χ3n) is 3.82. The lowest BCUT2D eigenvalue weighted by Crippen LogP contribution is -2.47. The molecule has 2 N–H and O–H groups in total. The minimum atomic E-state index is -0.0504. The molecule has 16 heavy (non-hydrogen) atoms. The molecule has 1 aliphatic heterocycles. The second kappa shape index (κ2) is 6.45. The highest BCUT2D eigenvalue weighted by Crippen LogP contribution is 2.23. The third-order valence-corrected chi connectivity index (χ3v) is 3.82. The van der Waals surface area contributed by atoms with Crippen LogP contribution in [0.25, 0.3) is 0 Å². The molecule has 0 aromatic rings. The maximum absolute atomic E-state index is 12.0. The van der Waals surface area contributed by atoms with Crippen molar-refractivity contribution in [1.82, 2.24) is 4.90 Å². The van der Waals surface area contributed by atoms with E-state index in [4.69, 9.17) is 5.73 Å². The predicted molar refractivity (Wildman–Crippen MR) is 69.6 cm³/mol. The fourth-order valence-corrected chi connectivity index (χ4v) is 1.98. The summed E-state index contributed by atoms with van der Waals surface area (Å²) in [4.78, 5) is 14.0. The van der Waals surface area contributed by atoms with Crippen LogP contribution in [0.4, 0.5) is 0 Å². The molecule has 1 fully saturated rings. The van der Waals surface area contributed by atoms with Gasteiger partial charge in [-0.2, -0.15) is 0 Å². The van der Waals surface area contributed by atoms with Crippen molar-refractivity contribution >= 4 is 18.3 Å². The van der Waals surface area contributed by atoms with E-state index in [-0.39, 0.29) is 30.3 Å². The van der Waals surface area contributed by atoms with Crippen molar-refractivity contribution in [2.45, 2.75) is 40.2 Å². The van der Waals surface area contributed by atoms with Gasteiger partial charge in [-0.1, -0.05) is 20.8 Å². The Kier molecular flexibility index (Phi) is 6.34. The molecule has 0 radical (unpaired) electrons. The summed E-state index contributed by atoms with van der Waals surface area (Å²) in [6.07, 6.45) is 1.12. The zero-order valence-corrected chi connectivity index (χ0v) is 11.6. The number of halogens is 1. The van der Waals surface area contributed by atoms with Crippen molar-refractivity contribution < 1.29 is 4.79 Å². The van der Waals surface area contributed by atoms with E-state index in [1.807, 2.05) is 18.7 Å². The minimum Gasteiger partial charge on any atom is -0.342 e. The molecule has 0 saturated carbocycles. The first-order valence-electron chi connectivity index (χ1n) is 5.97. The zero-order chi connectivity index (χ0) is 11.6. The Morgan fingerprint density at radius 2 is 1.88 bits per heavy atom. The monoisotopic (exact) mass is 248 g/mol. The first-order chi connectivity index (χ1) is 6.93. The molecule has 0 aromatic carbocycles. The predicted octanol–water partition coefficient (Wildman–Crippen LogP) is 1.90. The molecule has 4 heteroatoms. The number of hydrogen-bond donors (Lipinski definition) is 1. The summed E-state index contributed by atoms with van der Waals surface area (Å²) in [5, 5.41) is 0. The Bertz CT molecular complexity index is 233. The van der Waals surface area contributed by atoms with Crippen LogP contribution in [0.5, 0.6) is 0 Å². The zero-order valence-electron chi connectivity index (χ0n) is 10.8. The van der Waals surface area contributed by atoms with Crippen LogP contribution >= 0.6 is 12.4 Å². The normalized spacial score (nSPS) is 29.2. The van der Waals surface area contributed by atoms with Crippen LogP contribution in [-0.4, -0.2) is 29.9 Å². The first-order valence-corrected chi connectivity index (χ1v) is 5.97. The molecule has 0 spiro atoms. The molecule has 0 aromatic heterocycles. The maximum Gasteiger partial charge on any atom is 0.226 e. The van der Waals surface area contributed by atoms with Crippen molar-refractivity contribution in [3.8, 4) is 0 Å². The van der Waals surface area contributed by atoms with Gasteiger partial charge < -0.3 is 10.6 Å². The Balaban J connectivity index is 0.00000225. The molecule has 4 unspecified atom stereocenters. The summed E-state index contributed by atoms with van der Waals surface area (Å²) in [7, 11) is 0. The van der Waals surface area contributed by atoms with Gasteiger partial charge in [0, 0.05) is 19.1 Å². The summed E-state index contributed by atoms with van der Waals surface area (Å²) in [6.45, 7) is 10.1. The van der Waals surface area contributed by atoms with Crippen molar-refractivity contribution in [2.75, 3.05) is 13.1 Å². The number of nitrogens with two attached hydrogens (primary N) is 1. The van der Waals surface area contributed by atoms with Crippen molar-refractivity contribution in [3.05, 3.63) is 0 Å². The van der Waals surface area contributed by atoms with Gasteiger partial charge in [-0.3, -0.25) is 4.79 Å². The number of carbonyl (C=O) groups is 1. The van der Waals surface area contributed by atoms with Gasteiger partial charge in [-0.15, -0.1) is 12.4 Å². The van der Waals surface area contributed by atoms with E-state index in [2.05, 4.69) is 13.8 Å². The Labute approximate surface area is 105 Å². The van der Waals surface area contributed by atoms with Crippen LogP contribution in [0.2, 0.25) is 0 Å². The highest BCUT2D eigenvalue weighted by molar-refractivity contribution is 5.85. The molecular weight excluding hydrogens is 224 g/mol. The van der Waals surface area contributed by atoms with Gasteiger partial charge in [0.1, 0.15) is 0 Å². The lowest BCUT2D eigenvalue weighted by Gasteiger charge is -2.37. The van der Waals surface area contributed by atoms with Crippen LogP contribution in [0.3, 0.4) is 0 Å². The lowest BCUT2D eigenvalue weighted by atomic mass is 9.88. The maximum atomic E-state index is 12.0. The van der Waals surface area contributed by atoms with Gasteiger partial charge in [-0.05, 0) is 25.2 Å². The third kappa shape index (κ3) is 3.63. The molecule has 1 heterocycles. The van der Waals surface area contributed by atoms with E-state index in [1.54, 1.807) is 0 Å². The number of hydrogen-bond acceptors (Lipinski definition) is 2. The number of carbonyl (C=O) groups excluding carboxylic acids is 1. The van der Waals surface area contributed by atoms with Crippen LogP contribution in [0, 0.1) is 17.8 Å². The van der Waals surface area contributed by atoms with Crippen LogP contribution in [-0.2, 0) is 4.79 Å². The molecule has 96 valence electrons. The van der Waals surface area contributed by atoms with Gasteiger partial charge in [0.2, 0.25) is 5.91 Å². The minimum absolute atomic E-state index is 0. The molecule has 0 bridgehead atoms. The number of likely N-dealkylation sites (tertiary alicyclic amines) is 1. The smallest absolute Gasteiger partial charge is 0.226 e. The summed E-state index contributed by atoms with van der Waals surface area (Å²) < 4.78 is 0. The number of piperidine rings is 1. The Hall–Kier alpha value is -0.280. The highest BCUT2D eigenvalue weighted by atomic mass is 35.5. The van der Waals surface area contributed by atoms with Gasteiger partial charge in [0.25, 0.3) is 0 Å².